The van der Waals surface area contributed by atoms with Crippen LogP contribution in [-0.4, -0.2) is 51.3 Å². The van der Waals surface area contributed by atoms with Crippen LogP contribution in [0.2, 0.25) is 5.02 Å². The Morgan fingerprint density at radius 1 is 1.23 bits per heavy atom. The predicted octanol–water partition coefficient (Wildman–Crippen LogP) is 6.71. The first-order chi connectivity index (χ1) is 18.3. The van der Waals surface area contributed by atoms with E-state index < -0.39 is 17.4 Å². The van der Waals surface area contributed by atoms with Gasteiger partial charge in [0, 0.05) is 57.0 Å². The molecule has 3 aromatic rings. The summed E-state index contributed by atoms with van der Waals surface area (Å²) in [5.74, 6) is 0.511. The van der Waals surface area contributed by atoms with Gasteiger partial charge in [-0.1, -0.05) is 32.0 Å². The molecule has 1 fully saturated rings. The smallest absolute Gasteiger partial charge is 0.352 e. The largest absolute Gasteiger partial charge is 0.417 e. The molecule has 6 nitrogen and oxygen atoms in total. The number of benzene rings is 1. The molecule has 5 rings (SSSR count). The zero-order valence-corrected chi connectivity index (χ0v) is 24.3. The number of thioether (sulfide) groups is 1. The lowest BCUT2D eigenvalue weighted by molar-refractivity contribution is -0.137. The van der Waals surface area contributed by atoms with Gasteiger partial charge in [0.25, 0.3) is 0 Å². The highest BCUT2D eigenvalue weighted by Crippen LogP contribution is 2.51. The number of anilines is 1. The fourth-order valence-electron chi connectivity index (χ4n) is 5.73. The summed E-state index contributed by atoms with van der Waals surface area (Å²) in [6.45, 7) is 11.9. The van der Waals surface area contributed by atoms with Gasteiger partial charge >= 0.3 is 11.9 Å². The molecule has 1 amide bonds. The number of aromatic nitrogens is 2. The number of thiophene rings is 1. The first-order valence-electron chi connectivity index (χ1n) is 12.6. The highest BCUT2D eigenvalue weighted by atomic mass is 35.5. The Kier molecular flexibility index (Phi) is 7.30. The number of rotatable bonds is 4. The lowest BCUT2D eigenvalue weighted by Gasteiger charge is -2.45. The number of alkyl halides is 3. The summed E-state index contributed by atoms with van der Waals surface area (Å²) >= 11 is 8.63. The minimum absolute atomic E-state index is 0.0486. The fraction of sp³-hybridized carbons (Fsp3) is 0.444. The van der Waals surface area contributed by atoms with Crippen LogP contribution >= 0.6 is 34.7 Å². The molecule has 208 valence electrons. The molecule has 4 heterocycles. The zero-order valence-electron chi connectivity index (χ0n) is 21.9. The third-order valence-electron chi connectivity index (χ3n) is 7.41. The summed E-state index contributed by atoms with van der Waals surface area (Å²) < 4.78 is 45.6. The average molecular weight is 597 g/mol. The van der Waals surface area contributed by atoms with E-state index in [4.69, 9.17) is 11.6 Å². The molecule has 0 radical (unpaired) electrons. The van der Waals surface area contributed by atoms with E-state index in [0.717, 1.165) is 17.4 Å². The molecule has 0 saturated carbocycles. The lowest BCUT2D eigenvalue weighted by Crippen LogP contribution is -2.58. The number of piperazine rings is 1. The van der Waals surface area contributed by atoms with Crippen LogP contribution in [0.4, 0.5) is 19.0 Å². The standard InChI is InChI=1S/C27H28ClF3N4O2S2/c1-6-21(36)34-14(4)9-33(10-15(34)5)25-17-8-18(27(29,30)31)22(20-7-16(28)11-38-20)24-23(17)35(26(37)32-25)19(12-39-24)13(2)3/h6-8,11,13-15,19H,1,9-10,12H2,2-5H3/t14-,15+,19?. The van der Waals surface area contributed by atoms with Crippen LogP contribution in [-0.2, 0) is 11.0 Å². The normalized spacial score (nSPS) is 21.6. The Morgan fingerprint density at radius 3 is 2.44 bits per heavy atom. The van der Waals surface area contributed by atoms with Gasteiger partial charge in [-0.15, -0.1) is 23.1 Å². The van der Waals surface area contributed by atoms with Gasteiger partial charge in [-0.3, -0.25) is 9.36 Å². The minimum Gasteiger partial charge on any atom is -0.352 e. The molecule has 39 heavy (non-hydrogen) atoms. The third-order valence-corrected chi connectivity index (χ3v) is 9.90. The summed E-state index contributed by atoms with van der Waals surface area (Å²) in [4.78, 5) is 34.8. The summed E-state index contributed by atoms with van der Waals surface area (Å²) in [7, 11) is 0. The molecule has 2 aliphatic heterocycles. The number of hydrogen-bond acceptors (Lipinski definition) is 6. The van der Waals surface area contributed by atoms with Crippen LogP contribution in [0.15, 0.2) is 39.9 Å². The third kappa shape index (κ3) is 4.76. The van der Waals surface area contributed by atoms with E-state index >= 15 is 0 Å². The van der Waals surface area contributed by atoms with Gasteiger partial charge in [0.2, 0.25) is 5.91 Å². The van der Waals surface area contributed by atoms with E-state index in [1.807, 2.05) is 32.6 Å². The van der Waals surface area contributed by atoms with E-state index in [9.17, 15) is 22.8 Å². The van der Waals surface area contributed by atoms with Crippen LogP contribution in [0.25, 0.3) is 21.3 Å². The van der Waals surface area contributed by atoms with Crippen molar-refractivity contribution in [3.05, 3.63) is 51.2 Å². The zero-order chi connectivity index (χ0) is 28.4. The summed E-state index contributed by atoms with van der Waals surface area (Å²) in [6, 6.07) is 1.92. The molecule has 0 spiro atoms. The molecule has 1 unspecified atom stereocenters. The number of nitrogens with zero attached hydrogens (tertiary/aromatic N) is 4. The van der Waals surface area contributed by atoms with E-state index in [0.29, 0.717) is 39.2 Å². The van der Waals surface area contributed by atoms with Crippen molar-refractivity contribution in [2.24, 2.45) is 5.92 Å². The Balaban J connectivity index is 1.82. The van der Waals surface area contributed by atoms with Gasteiger partial charge in [-0.05, 0) is 38.0 Å². The molecular formula is C27H28ClF3N4O2S2. The van der Waals surface area contributed by atoms with Crippen LogP contribution in [0.1, 0.15) is 39.3 Å². The second-order valence-corrected chi connectivity index (χ2v) is 12.8. The first kappa shape index (κ1) is 28.0. The SMILES string of the molecule is C=CC(=O)N1[C@H](C)CN(c2nc(=O)n3c4c(c(-c5cc(Cl)cs5)c(C(F)(F)F)cc24)SCC3C(C)C)C[C@@H]1C. The maximum atomic E-state index is 14.7. The maximum absolute atomic E-state index is 14.7. The molecule has 0 bridgehead atoms. The lowest BCUT2D eigenvalue weighted by atomic mass is 9.98. The Morgan fingerprint density at radius 2 is 1.90 bits per heavy atom. The van der Waals surface area contributed by atoms with Crippen molar-refractivity contribution in [2.75, 3.05) is 23.7 Å². The maximum Gasteiger partial charge on any atom is 0.417 e. The number of carbonyl (C=O) groups is 1. The van der Waals surface area contributed by atoms with E-state index in [1.54, 1.807) is 14.8 Å². The van der Waals surface area contributed by atoms with Gasteiger partial charge < -0.3 is 9.80 Å². The fourth-order valence-corrected chi connectivity index (χ4v) is 8.51. The molecule has 2 aliphatic rings. The Hall–Kier alpha value is -2.50. The molecular weight excluding hydrogens is 569 g/mol. The highest BCUT2D eigenvalue weighted by Gasteiger charge is 2.41. The number of halogens is 4. The number of hydrogen-bond donors (Lipinski definition) is 0. The van der Waals surface area contributed by atoms with E-state index in [-0.39, 0.29) is 46.7 Å². The topological polar surface area (TPSA) is 58.4 Å². The number of carbonyl (C=O) groups excluding carboxylic acids is 1. The van der Waals surface area contributed by atoms with E-state index in [2.05, 4.69) is 11.6 Å². The highest BCUT2D eigenvalue weighted by molar-refractivity contribution is 7.99. The van der Waals surface area contributed by atoms with Crippen molar-refractivity contribution < 1.29 is 18.0 Å². The second kappa shape index (κ2) is 10.2. The second-order valence-electron chi connectivity index (χ2n) is 10.4. The summed E-state index contributed by atoms with van der Waals surface area (Å²) in [6.07, 6.45) is -3.40. The van der Waals surface area contributed by atoms with Gasteiger partial charge in [0.15, 0.2) is 0 Å². The van der Waals surface area contributed by atoms with Crippen molar-refractivity contribution in [3.63, 3.8) is 0 Å². The molecule has 3 atom stereocenters. The first-order valence-corrected chi connectivity index (χ1v) is 14.8. The van der Waals surface area contributed by atoms with E-state index in [1.165, 1.54) is 23.9 Å². The quantitative estimate of drug-likeness (QED) is 0.313. The summed E-state index contributed by atoms with van der Waals surface area (Å²) in [5, 5.41) is 2.25. The molecule has 12 heteroatoms. The Bertz CT molecular complexity index is 1520. The van der Waals surface area contributed by atoms with Gasteiger partial charge in [-0.2, -0.15) is 18.2 Å². The molecule has 2 aromatic heterocycles. The van der Waals surface area contributed by atoms with Crippen LogP contribution in [0.5, 0.6) is 0 Å². The van der Waals surface area contributed by atoms with Crippen molar-refractivity contribution in [2.45, 2.75) is 56.9 Å². The van der Waals surface area contributed by atoms with Gasteiger partial charge in [0.1, 0.15) is 5.82 Å². The van der Waals surface area contributed by atoms with Crippen LogP contribution in [0, 0.1) is 5.92 Å². The van der Waals surface area contributed by atoms with Crippen molar-refractivity contribution in [1.82, 2.24) is 14.5 Å². The van der Waals surface area contributed by atoms with Gasteiger partial charge in [-0.25, -0.2) is 4.79 Å². The predicted molar refractivity (Wildman–Crippen MR) is 152 cm³/mol. The molecule has 1 saturated heterocycles. The van der Waals surface area contributed by atoms with Crippen molar-refractivity contribution in [3.8, 4) is 10.4 Å². The van der Waals surface area contributed by atoms with Crippen LogP contribution in [0.3, 0.4) is 0 Å². The van der Waals surface area contributed by atoms with Crippen LogP contribution < -0.4 is 10.6 Å². The summed E-state index contributed by atoms with van der Waals surface area (Å²) in [5.41, 5.74) is -0.753. The molecule has 1 aromatic carbocycles. The number of amides is 1. The Labute approximate surface area is 237 Å². The van der Waals surface area contributed by atoms with Crippen molar-refractivity contribution in [1.29, 1.82) is 0 Å². The minimum atomic E-state index is -4.65. The molecule has 0 N–H and O–H groups in total. The van der Waals surface area contributed by atoms with Crippen molar-refractivity contribution >= 4 is 57.3 Å². The average Bonchev–Trinajstić information content (AvgIpc) is 3.29. The van der Waals surface area contributed by atoms with Gasteiger partial charge in [0.05, 0.1) is 22.1 Å². The molecule has 0 aliphatic carbocycles. The monoisotopic (exact) mass is 596 g/mol.